The van der Waals surface area contributed by atoms with Crippen LogP contribution < -0.4 is 10.1 Å². The molecule has 1 rings (SSSR count). The van der Waals surface area contributed by atoms with Gasteiger partial charge < -0.3 is 14.8 Å². The van der Waals surface area contributed by atoms with Crippen molar-refractivity contribution >= 4 is 5.82 Å². The Kier molecular flexibility index (Phi) is 5.34. The molecular weight excluding hydrogens is 230 g/mol. The second-order valence-corrected chi connectivity index (χ2v) is 5.16. The molecule has 18 heavy (non-hydrogen) atoms. The van der Waals surface area contributed by atoms with E-state index in [0.29, 0.717) is 24.9 Å². The predicted molar refractivity (Wildman–Crippen MR) is 71.9 cm³/mol. The quantitative estimate of drug-likeness (QED) is 0.844. The Hall–Kier alpha value is -1.36. The highest BCUT2D eigenvalue weighted by atomic mass is 16.5. The lowest BCUT2D eigenvalue weighted by molar-refractivity contribution is 0.176. The first-order valence-corrected chi connectivity index (χ1v) is 6.22. The van der Waals surface area contributed by atoms with E-state index in [9.17, 15) is 0 Å². The van der Waals surface area contributed by atoms with Gasteiger partial charge in [0.15, 0.2) is 5.82 Å². The van der Waals surface area contributed by atoms with Crippen LogP contribution in [0.2, 0.25) is 0 Å². The lowest BCUT2D eigenvalue weighted by Gasteiger charge is -2.21. The van der Waals surface area contributed by atoms with Crippen LogP contribution in [0.1, 0.15) is 39.9 Å². The third-order valence-electron chi connectivity index (χ3n) is 1.98. The molecule has 1 aromatic heterocycles. The molecule has 1 aromatic rings. The minimum Gasteiger partial charge on any atom is -0.478 e. The molecule has 1 N–H and O–H groups in total. The van der Waals surface area contributed by atoms with Crippen LogP contribution in [0.25, 0.3) is 0 Å². The van der Waals surface area contributed by atoms with E-state index >= 15 is 0 Å². The van der Waals surface area contributed by atoms with Gasteiger partial charge in [-0.2, -0.15) is 4.98 Å². The van der Waals surface area contributed by atoms with Crippen LogP contribution in [0.5, 0.6) is 5.88 Å². The number of nitrogens with zero attached hydrogens (tertiary/aromatic N) is 2. The van der Waals surface area contributed by atoms with Gasteiger partial charge in [0, 0.05) is 18.7 Å². The molecule has 5 heteroatoms. The summed E-state index contributed by atoms with van der Waals surface area (Å²) in [5.41, 5.74) is -0.0548. The Morgan fingerprint density at radius 3 is 2.56 bits per heavy atom. The Morgan fingerprint density at radius 2 is 2.00 bits per heavy atom. The highest BCUT2D eigenvalue weighted by Crippen LogP contribution is 2.18. The van der Waals surface area contributed by atoms with Crippen molar-refractivity contribution in [2.75, 3.05) is 19.0 Å². The summed E-state index contributed by atoms with van der Waals surface area (Å²) in [5, 5.41) is 3.31. The number of aromatic nitrogens is 2. The van der Waals surface area contributed by atoms with Crippen LogP contribution in [-0.4, -0.2) is 29.2 Å². The van der Waals surface area contributed by atoms with Crippen molar-refractivity contribution in [1.82, 2.24) is 9.97 Å². The maximum absolute atomic E-state index is 5.55. The number of hydrogen-bond donors (Lipinski definition) is 1. The summed E-state index contributed by atoms with van der Waals surface area (Å²) in [5.74, 6) is 1.97. The van der Waals surface area contributed by atoms with Crippen LogP contribution >= 0.6 is 0 Å². The molecule has 0 aliphatic rings. The predicted octanol–water partition coefficient (Wildman–Crippen LogP) is 2.62. The molecule has 0 radical (unpaired) electrons. The zero-order chi connectivity index (χ0) is 13.6. The second-order valence-electron chi connectivity index (χ2n) is 5.16. The van der Waals surface area contributed by atoms with E-state index in [2.05, 4.69) is 43.0 Å². The number of nitrogens with one attached hydrogen (secondary N) is 1. The first-order chi connectivity index (χ1) is 8.44. The van der Waals surface area contributed by atoms with Gasteiger partial charge in [-0.25, -0.2) is 4.98 Å². The molecule has 5 nitrogen and oxygen atoms in total. The number of rotatable bonds is 6. The van der Waals surface area contributed by atoms with Crippen molar-refractivity contribution in [3.8, 4) is 5.88 Å². The van der Waals surface area contributed by atoms with E-state index in [-0.39, 0.29) is 5.54 Å². The zero-order valence-corrected chi connectivity index (χ0v) is 11.9. The molecule has 0 spiro atoms. The fourth-order valence-electron chi connectivity index (χ4n) is 1.40. The molecule has 0 aromatic carbocycles. The fraction of sp³-hybridized carbons (Fsp3) is 0.692. The highest BCUT2D eigenvalue weighted by molar-refractivity contribution is 5.40. The van der Waals surface area contributed by atoms with Crippen molar-refractivity contribution in [2.45, 2.75) is 46.3 Å². The van der Waals surface area contributed by atoms with Crippen molar-refractivity contribution in [1.29, 1.82) is 0 Å². The molecule has 0 aliphatic carbocycles. The van der Waals surface area contributed by atoms with Gasteiger partial charge >= 0.3 is 0 Å². The monoisotopic (exact) mass is 253 g/mol. The number of ether oxygens (including phenoxy) is 2. The third kappa shape index (κ3) is 5.31. The summed E-state index contributed by atoms with van der Waals surface area (Å²) < 4.78 is 10.6. The summed E-state index contributed by atoms with van der Waals surface area (Å²) in [6.45, 7) is 9.33. The van der Waals surface area contributed by atoms with Crippen LogP contribution in [0, 0.1) is 0 Å². The standard InChI is InChI=1S/C13H23N3O2/c1-6-7-18-12-8-10(16-13(2,3)4)14-11(15-12)9-17-5/h8H,6-7,9H2,1-5H3,(H,14,15,16). The van der Waals surface area contributed by atoms with Gasteiger partial charge in [-0.1, -0.05) is 6.92 Å². The van der Waals surface area contributed by atoms with Gasteiger partial charge in [0.2, 0.25) is 5.88 Å². The minimum absolute atomic E-state index is 0.0548. The molecule has 0 saturated heterocycles. The van der Waals surface area contributed by atoms with Crippen molar-refractivity contribution in [3.05, 3.63) is 11.9 Å². The number of anilines is 1. The molecule has 0 aliphatic heterocycles. The van der Waals surface area contributed by atoms with Crippen LogP contribution in [-0.2, 0) is 11.3 Å². The van der Waals surface area contributed by atoms with Gasteiger partial charge in [0.05, 0.1) is 6.61 Å². The zero-order valence-electron chi connectivity index (χ0n) is 11.9. The maximum Gasteiger partial charge on any atom is 0.218 e. The molecular formula is C13H23N3O2. The summed E-state index contributed by atoms with van der Waals surface area (Å²) in [6.07, 6.45) is 0.950. The first-order valence-electron chi connectivity index (χ1n) is 6.22. The van der Waals surface area contributed by atoms with Crippen LogP contribution in [0.15, 0.2) is 6.07 Å². The lowest BCUT2D eigenvalue weighted by atomic mass is 10.1. The van der Waals surface area contributed by atoms with E-state index in [1.54, 1.807) is 7.11 Å². The normalized spacial score (nSPS) is 11.4. The van der Waals surface area contributed by atoms with Gasteiger partial charge in [0.25, 0.3) is 0 Å². The number of methoxy groups -OCH3 is 1. The average Bonchev–Trinajstić information content (AvgIpc) is 2.24. The first kappa shape index (κ1) is 14.7. The topological polar surface area (TPSA) is 56.3 Å². The molecule has 0 atom stereocenters. The molecule has 0 unspecified atom stereocenters. The maximum atomic E-state index is 5.55. The van der Waals surface area contributed by atoms with Crippen molar-refractivity contribution in [3.63, 3.8) is 0 Å². The van der Waals surface area contributed by atoms with Crippen LogP contribution in [0.3, 0.4) is 0 Å². The summed E-state index contributed by atoms with van der Waals surface area (Å²) in [7, 11) is 1.62. The van der Waals surface area contributed by atoms with Crippen molar-refractivity contribution in [2.24, 2.45) is 0 Å². The van der Waals surface area contributed by atoms with Gasteiger partial charge in [-0.15, -0.1) is 0 Å². The van der Waals surface area contributed by atoms with E-state index in [1.807, 2.05) is 6.07 Å². The molecule has 102 valence electrons. The van der Waals surface area contributed by atoms with E-state index in [1.165, 1.54) is 0 Å². The molecule has 0 bridgehead atoms. The summed E-state index contributed by atoms with van der Waals surface area (Å²) in [4.78, 5) is 8.68. The van der Waals surface area contributed by atoms with E-state index in [4.69, 9.17) is 9.47 Å². The minimum atomic E-state index is -0.0548. The van der Waals surface area contributed by atoms with Gasteiger partial charge in [-0.05, 0) is 27.2 Å². The van der Waals surface area contributed by atoms with Crippen molar-refractivity contribution < 1.29 is 9.47 Å². The largest absolute Gasteiger partial charge is 0.478 e. The van der Waals surface area contributed by atoms with E-state index in [0.717, 1.165) is 12.2 Å². The summed E-state index contributed by atoms with van der Waals surface area (Å²) >= 11 is 0. The Bertz CT molecular complexity index is 375. The third-order valence-corrected chi connectivity index (χ3v) is 1.98. The Morgan fingerprint density at radius 1 is 1.28 bits per heavy atom. The van der Waals surface area contributed by atoms with Crippen LogP contribution in [0.4, 0.5) is 5.82 Å². The Labute approximate surface area is 109 Å². The van der Waals surface area contributed by atoms with E-state index < -0.39 is 0 Å². The highest BCUT2D eigenvalue weighted by Gasteiger charge is 2.13. The molecule has 0 saturated carbocycles. The molecule has 0 fully saturated rings. The summed E-state index contributed by atoms with van der Waals surface area (Å²) in [6, 6.07) is 1.82. The SMILES string of the molecule is CCCOc1cc(NC(C)(C)C)nc(COC)n1. The fourth-order valence-corrected chi connectivity index (χ4v) is 1.40. The molecule has 0 amide bonds. The molecule has 1 heterocycles. The smallest absolute Gasteiger partial charge is 0.218 e. The average molecular weight is 253 g/mol. The second kappa shape index (κ2) is 6.54. The van der Waals surface area contributed by atoms with Gasteiger partial charge in [0.1, 0.15) is 12.4 Å². The number of hydrogen-bond acceptors (Lipinski definition) is 5. The Balaban J connectivity index is 2.90. The lowest BCUT2D eigenvalue weighted by Crippen LogP contribution is -2.27. The van der Waals surface area contributed by atoms with Gasteiger partial charge in [-0.3, -0.25) is 0 Å².